The Morgan fingerprint density at radius 2 is 1.47 bits per heavy atom. The largest absolute Gasteiger partial charge is 0.478 e. The van der Waals surface area contributed by atoms with Gasteiger partial charge >= 0.3 is 11.9 Å². The molecule has 0 spiro atoms. The van der Waals surface area contributed by atoms with Gasteiger partial charge in [0.2, 0.25) is 0 Å². The van der Waals surface area contributed by atoms with Crippen LogP contribution >= 0.6 is 0 Å². The second-order valence-electron chi connectivity index (χ2n) is 5.27. The Hall–Kier alpha value is -1.58. The van der Waals surface area contributed by atoms with Crippen LogP contribution in [0.1, 0.15) is 52.9 Å². The molecule has 0 aromatic rings. The van der Waals surface area contributed by atoms with E-state index in [1.165, 1.54) is 26.2 Å². The van der Waals surface area contributed by atoms with Crippen molar-refractivity contribution in [2.24, 2.45) is 0 Å². The zero-order valence-corrected chi connectivity index (χ0v) is 12.1. The molecule has 0 amide bonds. The van der Waals surface area contributed by atoms with Crippen molar-refractivity contribution in [3.05, 3.63) is 24.3 Å². The van der Waals surface area contributed by atoms with E-state index in [1.54, 1.807) is 6.92 Å². The highest BCUT2D eigenvalue weighted by Gasteiger charge is 2.30. The third-order valence-corrected chi connectivity index (χ3v) is 2.96. The summed E-state index contributed by atoms with van der Waals surface area (Å²) < 4.78 is 5.40. The molecular formula is C15H24O4. The number of carboxylic acid groups (broad SMARTS) is 1. The van der Waals surface area contributed by atoms with Crippen LogP contribution in [0.2, 0.25) is 0 Å². The van der Waals surface area contributed by atoms with Crippen molar-refractivity contribution in [1.29, 1.82) is 0 Å². The predicted octanol–water partition coefficient (Wildman–Crippen LogP) is 3.48. The summed E-state index contributed by atoms with van der Waals surface area (Å²) >= 11 is 0. The zero-order valence-electron chi connectivity index (χ0n) is 12.1. The zero-order chi connectivity index (χ0) is 15.1. The molecule has 0 unspecified atom stereocenters. The number of carbonyl (C=O) groups is 2. The first kappa shape index (κ1) is 17.4. The second kappa shape index (κ2) is 7.77. The topological polar surface area (TPSA) is 63.6 Å². The van der Waals surface area contributed by atoms with Crippen molar-refractivity contribution < 1.29 is 19.4 Å². The fraction of sp³-hybridized carbons (Fsp3) is 0.600. The first-order valence-corrected chi connectivity index (χ1v) is 6.45. The number of ether oxygens (including phenoxy) is 1. The molecule has 1 aliphatic carbocycles. The molecule has 4 heteroatoms. The number of carbonyl (C=O) groups excluding carboxylic acids is 1. The summed E-state index contributed by atoms with van der Waals surface area (Å²) in [6, 6.07) is 0. The van der Waals surface area contributed by atoms with Crippen molar-refractivity contribution >= 4 is 11.9 Å². The number of esters is 1. The molecule has 1 aliphatic rings. The van der Waals surface area contributed by atoms with Crippen LogP contribution in [0.5, 0.6) is 0 Å². The Balaban J connectivity index is 0.000000459. The van der Waals surface area contributed by atoms with E-state index in [2.05, 4.69) is 13.2 Å². The van der Waals surface area contributed by atoms with Crippen LogP contribution in [0.3, 0.4) is 0 Å². The van der Waals surface area contributed by atoms with Gasteiger partial charge in [-0.3, -0.25) is 0 Å². The maximum absolute atomic E-state index is 11.3. The van der Waals surface area contributed by atoms with E-state index in [0.717, 1.165) is 12.8 Å². The van der Waals surface area contributed by atoms with Gasteiger partial charge in [0.25, 0.3) is 0 Å². The molecule has 0 bridgehead atoms. The van der Waals surface area contributed by atoms with Crippen molar-refractivity contribution in [2.45, 2.75) is 58.5 Å². The van der Waals surface area contributed by atoms with Crippen molar-refractivity contribution in [1.82, 2.24) is 0 Å². The van der Waals surface area contributed by atoms with Gasteiger partial charge < -0.3 is 9.84 Å². The van der Waals surface area contributed by atoms with E-state index in [-0.39, 0.29) is 17.1 Å². The van der Waals surface area contributed by atoms with Crippen molar-refractivity contribution in [3.63, 3.8) is 0 Å². The summed E-state index contributed by atoms with van der Waals surface area (Å²) in [5, 5.41) is 7.89. The van der Waals surface area contributed by atoms with Crippen LogP contribution in [0.15, 0.2) is 24.3 Å². The molecule has 0 saturated heterocycles. The van der Waals surface area contributed by atoms with Crippen LogP contribution in [0, 0.1) is 0 Å². The Labute approximate surface area is 115 Å². The molecule has 0 heterocycles. The molecule has 1 saturated carbocycles. The molecule has 1 rings (SSSR count). The highest BCUT2D eigenvalue weighted by atomic mass is 16.6. The van der Waals surface area contributed by atoms with Gasteiger partial charge in [0, 0.05) is 11.1 Å². The fourth-order valence-electron chi connectivity index (χ4n) is 1.71. The Kier molecular flexibility index (Phi) is 7.12. The fourth-order valence-corrected chi connectivity index (χ4v) is 1.71. The maximum Gasteiger partial charge on any atom is 0.333 e. The lowest BCUT2D eigenvalue weighted by Crippen LogP contribution is -2.34. The van der Waals surface area contributed by atoms with Gasteiger partial charge in [0.1, 0.15) is 5.60 Å². The number of carboxylic acids is 1. The molecule has 0 aromatic heterocycles. The van der Waals surface area contributed by atoms with Crippen molar-refractivity contribution in [2.75, 3.05) is 0 Å². The van der Waals surface area contributed by atoms with Gasteiger partial charge in [0.05, 0.1) is 0 Å². The molecule has 0 aromatic carbocycles. The average molecular weight is 268 g/mol. The van der Waals surface area contributed by atoms with Crippen molar-refractivity contribution in [3.8, 4) is 0 Å². The molecule has 0 radical (unpaired) electrons. The average Bonchev–Trinajstić information content (AvgIpc) is 2.29. The highest BCUT2D eigenvalue weighted by Crippen LogP contribution is 2.31. The number of hydrogen-bond acceptors (Lipinski definition) is 3. The number of rotatable bonds is 3. The van der Waals surface area contributed by atoms with Crippen LogP contribution in [0.25, 0.3) is 0 Å². The first-order chi connectivity index (χ1) is 8.68. The molecular weight excluding hydrogens is 244 g/mol. The van der Waals surface area contributed by atoms with Gasteiger partial charge in [-0.25, -0.2) is 9.59 Å². The third kappa shape index (κ3) is 7.44. The van der Waals surface area contributed by atoms with Gasteiger partial charge in [0.15, 0.2) is 0 Å². The molecule has 1 N–H and O–H groups in total. The molecule has 0 atom stereocenters. The summed E-state index contributed by atoms with van der Waals surface area (Å²) in [6.45, 7) is 11.9. The minimum atomic E-state index is -0.935. The van der Waals surface area contributed by atoms with Gasteiger partial charge in [-0.2, -0.15) is 0 Å². The minimum absolute atomic E-state index is 0.176. The number of aliphatic carboxylic acids is 1. The Bertz CT molecular complexity index is 350. The van der Waals surface area contributed by atoms with Crippen LogP contribution in [-0.2, 0) is 14.3 Å². The van der Waals surface area contributed by atoms with Crippen LogP contribution in [0.4, 0.5) is 0 Å². The Morgan fingerprint density at radius 1 is 1.05 bits per heavy atom. The first-order valence-electron chi connectivity index (χ1n) is 6.45. The molecule has 19 heavy (non-hydrogen) atoms. The summed E-state index contributed by atoms with van der Waals surface area (Å²) in [5.74, 6) is -1.18. The predicted molar refractivity (Wildman–Crippen MR) is 74.8 cm³/mol. The van der Waals surface area contributed by atoms with E-state index >= 15 is 0 Å². The monoisotopic (exact) mass is 268 g/mol. The molecule has 0 aliphatic heterocycles. The second-order valence-corrected chi connectivity index (χ2v) is 5.27. The normalized spacial score (nSPS) is 16.6. The summed E-state index contributed by atoms with van der Waals surface area (Å²) in [7, 11) is 0. The minimum Gasteiger partial charge on any atom is -0.478 e. The molecule has 108 valence electrons. The van der Waals surface area contributed by atoms with E-state index in [0.29, 0.717) is 5.57 Å². The highest BCUT2D eigenvalue weighted by molar-refractivity contribution is 5.87. The quantitative estimate of drug-likeness (QED) is 0.628. The lowest BCUT2D eigenvalue weighted by Gasteiger charge is -2.33. The van der Waals surface area contributed by atoms with Crippen LogP contribution in [-0.4, -0.2) is 22.6 Å². The smallest absolute Gasteiger partial charge is 0.333 e. The van der Waals surface area contributed by atoms with Gasteiger partial charge in [-0.05, 0) is 46.5 Å². The SMILES string of the molecule is C=C(C)C(=O)O.C=C(C)C(=O)OC1(C)CCCCC1. The van der Waals surface area contributed by atoms with Gasteiger partial charge in [-0.15, -0.1) is 0 Å². The van der Waals surface area contributed by atoms with Crippen LogP contribution < -0.4 is 0 Å². The maximum atomic E-state index is 11.3. The summed E-state index contributed by atoms with van der Waals surface area (Å²) in [4.78, 5) is 20.9. The summed E-state index contributed by atoms with van der Waals surface area (Å²) in [5.41, 5.74) is 0.440. The Morgan fingerprint density at radius 3 is 1.79 bits per heavy atom. The van der Waals surface area contributed by atoms with E-state index in [4.69, 9.17) is 9.84 Å². The molecule has 1 fully saturated rings. The lowest BCUT2D eigenvalue weighted by molar-refractivity contribution is -0.156. The van der Waals surface area contributed by atoms with E-state index in [1.807, 2.05) is 6.92 Å². The third-order valence-electron chi connectivity index (χ3n) is 2.96. The molecule has 4 nitrogen and oxygen atoms in total. The standard InChI is InChI=1S/C11H18O2.C4H6O2/c1-9(2)10(12)13-11(3)7-5-4-6-8-11;1-3(2)4(5)6/h1,4-8H2,2-3H3;1H2,2H3,(H,5,6). The van der Waals surface area contributed by atoms with E-state index in [9.17, 15) is 9.59 Å². The summed E-state index contributed by atoms with van der Waals surface area (Å²) in [6.07, 6.45) is 5.58. The van der Waals surface area contributed by atoms with Gasteiger partial charge in [-0.1, -0.05) is 19.6 Å². The van der Waals surface area contributed by atoms with E-state index < -0.39 is 5.97 Å². The lowest BCUT2D eigenvalue weighted by atomic mass is 9.86. The number of hydrogen-bond donors (Lipinski definition) is 1.